The van der Waals surface area contributed by atoms with Crippen molar-refractivity contribution in [3.8, 4) is 0 Å². The van der Waals surface area contributed by atoms with E-state index in [0.717, 1.165) is 78.8 Å². The van der Waals surface area contributed by atoms with Crippen LogP contribution in [0.4, 0.5) is 0 Å². The molecule has 0 bridgehead atoms. The second kappa shape index (κ2) is 20.7. The average Bonchev–Trinajstić information content (AvgIpc) is 4.02. The van der Waals surface area contributed by atoms with Gasteiger partial charge in [0.25, 0.3) is 0 Å². The molecule has 0 saturated carbocycles. The Bertz CT molecular complexity index is 1820. The molecule has 6 rings (SSSR count). The minimum atomic E-state index is -0.800. The van der Waals surface area contributed by atoms with Crippen molar-refractivity contribution < 1.29 is 39.2 Å². The summed E-state index contributed by atoms with van der Waals surface area (Å²) >= 11 is 0. The van der Waals surface area contributed by atoms with Crippen LogP contribution in [0.3, 0.4) is 0 Å². The maximum Gasteiger partial charge on any atom is 0.307 e. The minimum Gasteiger partial charge on any atom is -0.481 e. The number of carboxylic acids is 3. The third kappa shape index (κ3) is 12.2. The molecule has 6 N–H and O–H groups in total. The minimum absolute atomic E-state index is 0.0678. The summed E-state index contributed by atoms with van der Waals surface area (Å²) in [5, 5.41) is 39.8. The summed E-state index contributed by atoms with van der Waals surface area (Å²) in [6.45, 7) is 5.80. The lowest BCUT2D eigenvalue weighted by atomic mass is 9.86. The summed E-state index contributed by atoms with van der Waals surface area (Å²) in [5.74, 6) is -3.66. The highest BCUT2D eigenvalue weighted by Gasteiger charge is 2.33. The molecule has 12 heteroatoms. The molecule has 6 atom stereocenters. The Hall–Kier alpha value is -4.62. The highest BCUT2D eigenvalue weighted by atomic mass is 16.5. The SMILES string of the molecule is O=C(O)C(Cc1cccc(COCCN(Cc2cccc(CC(C(=O)O)C3CCNC3)c2)C(=O)Cc2cccc(CC(C(=O)O)C3CCNC3)c2)c1)C1CCNC1. The number of benzene rings is 3. The van der Waals surface area contributed by atoms with E-state index in [0.29, 0.717) is 52.0 Å². The highest BCUT2D eigenvalue weighted by molar-refractivity contribution is 5.79. The van der Waals surface area contributed by atoms with E-state index in [-0.39, 0.29) is 36.7 Å². The van der Waals surface area contributed by atoms with Crippen molar-refractivity contribution in [1.29, 1.82) is 0 Å². The third-order valence-electron chi connectivity index (χ3n) is 12.2. The van der Waals surface area contributed by atoms with Gasteiger partial charge in [-0.1, -0.05) is 72.8 Å². The number of ether oxygens (including phenoxy) is 1. The number of hydrogen-bond donors (Lipinski definition) is 6. The van der Waals surface area contributed by atoms with Gasteiger partial charge in [-0.25, -0.2) is 0 Å². The second-order valence-electron chi connectivity index (χ2n) is 16.2. The quantitative estimate of drug-likeness (QED) is 0.0861. The number of carboxylic acid groups (broad SMARTS) is 3. The van der Waals surface area contributed by atoms with Crippen LogP contribution in [0, 0.1) is 35.5 Å². The molecule has 0 aromatic heterocycles. The summed E-state index contributed by atoms with van der Waals surface area (Å²) in [7, 11) is 0. The van der Waals surface area contributed by atoms with Crippen LogP contribution in [0.25, 0.3) is 0 Å². The Morgan fingerprint density at radius 3 is 1.44 bits per heavy atom. The molecule has 3 heterocycles. The molecule has 306 valence electrons. The van der Waals surface area contributed by atoms with E-state index in [4.69, 9.17) is 4.74 Å². The first-order valence-corrected chi connectivity index (χ1v) is 20.5. The number of hydrogen-bond acceptors (Lipinski definition) is 8. The molecular formula is C45H58N4O8. The Balaban J connectivity index is 1.12. The number of nitrogens with zero attached hydrogens (tertiary/aromatic N) is 1. The monoisotopic (exact) mass is 782 g/mol. The van der Waals surface area contributed by atoms with Gasteiger partial charge in [0.15, 0.2) is 0 Å². The van der Waals surface area contributed by atoms with Crippen LogP contribution in [0.5, 0.6) is 0 Å². The standard InChI is InChI=1S/C45H58N4O8/c50-42(24-33-7-1-4-30(18-33)21-39(43(51)52)36-10-13-46-25-36)49(28-34-8-2-5-31(19-34)22-40(44(53)54)37-11-14-47-26-37)16-17-57-29-35-9-3-6-32(20-35)23-41(45(55)56)38-12-15-48-27-38/h1-9,18-20,36-41,46-48H,10-17,21-29H2,(H,51,52)(H,53,54)(H,55,56). The van der Waals surface area contributed by atoms with E-state index in [1.165, 1.54) is 0 Å². The van der Waals surface area contributed by atoms with Gasteiger partial charge in [-0.3, -0.25) is 19.2 Å². The predicted octanol–water partition coefficient (Wildman–Crippen LogP) is 4.03. The highest BCUT2D eigenvalue weighted by Crippen LogP contribution is 2.27. The molecule has 0 spiro atoms. The number of carbonyl (C=O) groups excluding carboxylic acids is 1. The van der Waals surface area contributed by atoms with E-state index in [2.05, 4.69) is 16.0 Å². The maximum atomic E-state index is 14.1. The summed E-state index contributed by atoms with van der Waals surface area (Å²) in [6, 6.07) is 23.3. The largest absolute Gasteiger partial charge is 0.481 e. The van der Waals surface area contributed by atoms with Crippen molar-refractivity contribution in [2.24, 2.45) is 35.5 Å². The van der Waals surface area contributed by atoms with Gasteiger partial charge in [-0.05, 0) is 129 Å². The van der Waals surface area contributed by atoms with E-state index in [9.17, 15) is 34.5 Å². The number of aliphatic carboxylic acids is 3. The number of amides is 1. The summed E-state index contributed by atoms with van der Waals surface area (Å²) < 4.78 is 6.14. The fourth-order valence-electron chi connectivity index (χ4n) is 8.92. The van der Waals surface area contributed by atoms with Gasteiger partial charge in [-0.2, -0.15) is 0 Å². The Labute approximate surface area is 335 Å². The zero-order valence-electron chi connectivity index (χ0n) is 32.7. The number of nitrogens with one attached hydrogen (secondary N) is 3. The molecule has 57 heavy (non-hydrogen) atoms. The lowest BCUT2D eigenvalue weighted by Crippen LogP contribution is -2.35. The maximum absolute atomic E-state index is 14.1. The van der Waals surface area contributed by atoms with E-state index in [1.807, 2.05) is 72.8 Å². The lowest BCUT2D eigenvalue weighted by molar-refractivity contribution is -0.144. The Kier molecular flexibility index (Phi) is 15.2. The molecule has 0 radical (unpaired) electrons. The van der Waals surface area contributed by atoms with Crippen molar-refractivity contribution in [3.05, 3.63) is 106 Å². The molecule has 12 nitrogen and oxygen atoms in total. The van der Waals surface area contributed by atoms with Crippen LogP contribution < -0.4 is 16.0 Å². The number of carbonyl (C=O) groups is 4. The van der Waals surface area contributed by atoms with Crippen LogP contribution in [0.15, 0.2) is 72.8 Å². The molecule has 6 unspecified atom stereocenters. The second-order valence-corrected chi connectivity index (χ2v) is 16.2. The first kappa shape index (κ1) is 42.0. The fourth-order valence-corrected chi connectivity index (χ4v) is 8.92. The lowest BCUT2D eigenvalue weighted by Gasteiger charge is -2.24. The fraction of sp³-hybridized carbons (Fsp3) is 0.511. The Morgan fingerprint density at radius 1 is 0.596 bits per heavy atom. The topological polar surface area (TPSA) is 178 Å². The molecule has 3 fully saturated rings. The molecule has 3 aliphatic rings. The van der Waals surface area contributed by atoms with Crippen LogP contribution in [-0.4, -0.2) is 96.5 Å². The molecule has 1 amide bonds. The summed E-state index contributed by atoms with van der Waals surface area (Å²) in [5.41, 5.74) is 5.41. The summed E-state index contributed by atoms with van der Waals surface area (Å²) in [4.78, 5) is 52.4. The van der Waals surface area contributed by atoms with Gasteiger partial charge >= 0.3 is 17.9 Å². The zero-order chi connectivity index (χ0) is 40.1. The van der Waals surface area contributed by atoms with Crippen molar-refractivity contribution in [1.82, 2.24) is 20.9 Å². The zero-order valence-corrected chi connectivity index (χ0v) is 32.7. The smallest absolute Gasteiger partial charge is 0.307 e. The van der Waals surface area contributed by atoms with Crippen molar-refractivity contribution in [2.45, 2.75) is 58.1 Å². The van der Waals surface area contributed by atoms with Crippen LogP contribution in [-0.2, 0) is 62.7 Å². The van der Waals surface area contributed by atoms with Crippen molar-refractivity contribution in [2.75, 3.05) is 52.4 Å². The number of rotatable bonds is 21. The van der Waals surface area contributed by atoms with Crippen LogP contribution in [0.1, 0.15) is 52.6 Å². The van der Waals surface area contributed by atoms with E-state index < -0.39 is 35.7 Å². The van der Waals surface area contributed by atoms with Crippen molar-refractivity contribution in [3.63, 3.8) is 0 Å². The van der Waals surface area contributed by atoms with Gasteiger partial charge in [0.1, 0.15) is 0 Å². The molecule has 0 aliphatic carbocycles. The van der Waals surface area contributed by atoms with E-state index in [1.54, 1.807) is 4.90 Å². The molecule has 3 saturated heterocycles. The summed E-state index contributed by atoms with van der Waals surface area (Å²) in [6.07, 6.45) is 3.93. The molecule has 3 aliphatic heterocycles. The van der Waals surface area contributed by atoms with Crippen LogP contribution in [0.2, 0.25) is 0 Å². The van der Waals surface area contributed by atoms with E-state index >= 15 is 0 Å². The van der Waals surface area contributed by atoms with Gasteiger partial charge < -0.3 is 40.9 Å². The molecule has 3 aromatic carbocycles. The van der Waals surface area contributed by atoms with Gasteiger partial charge in [0, 0.05) is 13.1 Å². The first-order valence-electron chi connectivity index (χ1n) is 20.5. The van der Waals surface area contributed by atoms with Crippen molar-refractivity contribution >= 4 is 23.8 Å². The van der Waals surface area contributed by atoms with Gasteiger partial charge in [0.05, 0.1) is 37.4 Å². The normalized spacial score (nSPS) is 20.9. The Morgan fingerprint density at radius 2 is 1.00 bits per heavy atom. The average molecular weight is 783 g/mol. The molecule has 3 aromatic rings. The molecular weight excluding hydrogens is 725 g/mol. The third-order valence-corrected chi connectivity index (χ3v) is 12.2. The first-order chi connectivity index (χ1) is 27.6. The van der Waals surface area contributed by atoms with Gasteiger partial charge in [0.2, 0.25) is 5.91 Å². The van der Waals surface area contributed by atoms with Gasteiger partial charge in [-0.15, -0.1) is 0 Å². The van der Waals surface area contributed by atoms with Crippen LogP contribution >= 0.6 is 0 Å². The predicted molar refractivity (Wildman–Crippen MR) is 216 cm³/mol.